The Balaban J connectivity index is 1.57. The molecule has 0 amide bonds. The van der Waals surface area contributed by atoms with Crippen LogP contribution in [0.1, 0.15) is 25.7 Å². The molecule has 1 N–H and O–H groups in total. The largest absolute Gasteiger partial charge is 0.376 e. The number of rotatable bonds is 4. The van der Waals surface area contributed by atoms with Crippen molar-refractivity contribution in [1.82, 2.24) is 20.3 Å². The van der Waals surface area contributed by atoms with Crippen LogP contribution in [0.4, 0.5) is 11.6 Å². The number of ether oxygens (including phenoxy) is 2. The van der Waals surface area contributed by atoms with E-state index in [1.54, 1.807) is 0 Å². The van der Waals surface area contributed by atoms with Gasteiger partial charge in [0.2, 0.25) is 11.3 Å². The minimum Gasteiger partial charge on any atom is -0.376 e. The van der Waals surface area contributed by atoms with Crippen molar-refractivity contribution in [3.63, 3.8) is 0 Å². The summed E-state index contributed by atoms with van der Waals surface area (Å²) in [6.07, 6.45) is 4.86. The normalized spacial score (nSPS) is 22.5. The van der Waals surface area contributed by atoms with Crippen molar-refractivity contribution >= 4 is 22.9 Å². The van der Waals surface area contributed by atoms with Crippen molar-refractivity contribution in [3.8, 4) is 0 Å². The van der Waals surface area contributed by atoms with E-state index >= 15 is 0 Å². The highest BCUT2D eigenvalue weighted by Gasteiger charge is 2.21. The Morgan fingerprint density at radius 1 is 1.00 bits per heavy atom. The Kier molecular flexibility index (Phi) is 4.70. The summed E-state index contributed by atoms with van der Waals surface area (Å²) in [5.74, 6) is 1.52. The lowest BCUT2D eigenvalue weighted by Gasteiger charge is -2.26. The van der Waals surface area contributed by atoms with Crippen LogP contribution in [0.3, 0.4) is 0 Å². The summed E-state index contributed by atoms with van der Waals surface area (Å²) < 4.78 is 15.9. The molecular weight excluding hydrogens is 312 g/mol. The lowest BCUT2D eigenvalue weighted by molar-refractivity contribution is -0.0819. The Labute approximate surface area is 139 Å². The van der Waals surface area contributed by atoms with Gasteiger partial charge in [-0.3, -0.25) is 0 Å². The van der Waals surface area contributed by atoms with Crippen LogP contribution in [0.5, 0.6) is 0 Å². The molecule has 0 saturated carbocycles. The summed E-state index contributed by atoms with van der Waals surface area (Å²) in [7, 11) is 0. The number of fused-ring (bicyclic) bond motifs is 1. The molecule has 0 aliphatic carbocycles. The molecule has 0 radical (unpaired) electrons. The molecule has 0 spiro atoms. The molecule has 2 fully saturated rings. The van der Waals surface area contributed by atoms with Gasteiger partial charge >= 0.3 is 0 Å². The molecule has 9 heteroatoms. The molecule has 1 unspecified atom stereocenters. The third-order valence-electron chi connectivity index (χ3n) is 4.38. The van der Waals surface area contributed by atoms with Crippen LogP contribution in [0, 0.1) is 0 Å². The van der Waals surface area contributed by atoms with Crippen LogP contribution in [-0.4, -0.2) is 65.8 Å². The third-order valence-corrected chi connectivity index (χ3v) is 4.38. The highest BCUT2D eigenvalue weighted by molar-refractivity contribution is 5.74. The zero-order valence-electron chi connectivity index (χ0n) is 13.6. The molecule has 4 rings (SSSR count). The topological polar surface area (TPSA) is 98.4 Å². The van der Waals surface area contributed by atoms with Gasteiger partial charge in [0.1, 0.15) is 0 Å². The zero-order valence-corrected chi connectivity index (χ0v) is 13.6. The van der Waals surface area contributed by atoms with Gasteiger partial charge in [0.15, 0.2) is 11.6 Å². The molecule has 0 aromatic carbocycles. The molecule has 2 saturated heterocycles. The van der Waals surface area contributed by atoms with E-state index in [9.17, 15) is 0 Å². The quantitative estimate of drug-likeness (QED) is 0.884. The van der Waals surface area contributed by atoms with Gasteiger partial charge in [-0.15, -0.1) is 0 Å². The van der Waals surface area contributed by atoms with Crippen LogP contribution < -0.4 is 10.2 Å². The number of hydrogen-bond acceptors (Lipinski definition) is 9. The van der Waals surface area contributed by atoms with Gasteiger partial charge in [-0.1, -0.05) is 12.8 Å². The first-order valence-corrected chi connectivity index (χ1v) is 8.58. The van der Waals surface area contributed by atoms with Crippen molar-refractivity contribution in [3.05, 3.63) is 0 Å². The highest BCUT2D eigenvalue weighted by Crippen LogP contribution is 2.26. The number of hydrogen-bond donors (Lipinski definition) is 1. The summed E-state index contributed by atoms with van der Waals surface area (Å²) in [6, 6.07) is 0. The zero-order chi connectivity index (χ0) is 16.2. The fourth-order valence-electron chi connectivity index (χ4n) is 3.12. The fourth-order valence-corrected chi connectivity index (χ4v) is 3.12. The first-order chi connectivity index (χ1) is 11.9. The van der Waals surface area contributed by atoms with Crippen LogP contribution >= 0.6 is 0 Å². The number of aromatic nitrogens is 4. The smallest absolute Gasteiger partial charge is 0.245 e. The minimum atomic E-state index is 0.0173. The molecule has 2 aliphatic heterocycles. The molecule has 1 atom stereocenters. The SMILES string of the molecule is C1CCCN(c2nc3nonc3nc2NCC2COCCO2)CC1. The second-order valence-corrected chi connectivity index (χ2v) is 6.16. The summed E-state index contributed by atoms with van der Waals surface area (Å²) in [4.78, 5) is 11.4. The van der Waals surface area contributed by atoms with Gasteiger partial charge in [-0.2, -0.15) is 0 Å². The lowest BCUT2D eigenvalue weighted by atomic mass is 10.2. The third kappa shape index (κ3) is 3.41. The highest BCUT2D eigenvalue weighted by atomic mass is 16.6. The second-order valence-electron chi connectivity index (χ2n) is 6.16. The molecule has 0 bridgehead atoms. The van der Waals surface area contributed by atoms with Gasteiger partial charge in [-0.25, -0.2) is 14.6 Å². The van der Waals surface area contributed by atoms with E-state index in [0.29, 0.717) is 43.5 Å². The van der Waals surface area contributed by atoms with Crippen molar-refractivity contribution in [2.75, 3.05) is 49.7 Å². The van der Waals surface area contributed by atoms with E-state index in [1.807, 2.05) is 0 Å². The average Bonchev–Trinajstić information content (AvgIpc) is 2.91. The Morgan fingerprint density at radius 2 is 1.79 bits per heavy atom. The van der Waals surface area contributed by atoms with Gasteiger partial charge in [-0.05, 0) is 23.2 Å². The van der Waals surface area contributed by atoms with E-state index in [4.69, 9.17) is 14.1 Å². The average molecular weight is 334 g/mol. The van der Waals surface area contributed by atoms with E-state index < -0.39 is 0 Å². The molecule has 2 aromatic heterocycles. The Bertz CT molecular complexity index is 664. The number of nitrogens with one attached hydrogen (secondary N) is 1. The van der Waals surface area contributed by atoms with Gasteiger partial charge < -0.3 is 19.7 Å². The standard InChI is InChI=1S/C15H22N6O3/c1-2-4-6-21(5-3-1)15-14(16-9-11-10-22-7-8-23-11)17-12-13(18-15)20-24-19-12/h11H,1-10H2,(H,16,17,19). The maximum atomic E-state index is 5.68. The molecule has 4 heterocycles. The summed E-state index contributed by atoms with van der Waals surface area (Å²) >= 11 is 0. The van der Waals surface area contributed by atoms with Crippen molar-refractivity contribution < 1.29 is 14.1 Å². The second kappa shape index (κ2) is 7.27. The molecule has 2 aliphatic rings. The number of anilines is 2. The Morgan fingerprint density at radius 3 is 2.54 bits per heavy atom. The van der Waals surface area contributed by atoms with E-state index in [-0.39, 0.29) is 6.10 Å². The maximum Gasteiger partial charge on any atom is 0.245 e. The van der Waals surface area contributed by atoms with Crippen molar-refractivity contribution in [1.29, 1.82) is 0 Å². The molecule has 2 aromatic rings. The summed E-state index contributed by atoms with van der Waals surface area (Å²) in [5, 5.41) is 11.0. The predicted octanol–water partition coefficient (Wildman–Crippen LogP) is 1.22. The van der Waals surface area contributed by atoms with Gasteiger partial charge in [0.25, 0.3) is 0 Å². The van der Waals surface area contributed by atoms with E-state index in [1.165, 1.54) is 12.8 Å². The van der Waals surface area contributed by atoms with Crippen molar-refractivity contribution in [2.24, 2.45) is 0 Å². The van der Waals surface area contributed by atoms with Gasteiger partial charge in [0, 0.05) is 19.6 Å². The molecule has 130 valence electrons. The first kappa shape index (κ1) is 15.5. The Hall–Kier alpha value is -2.00. The van der Waals surface area contributed by atoms with Crippen LogP contribution in [0.2, 0.25) is 0 Å². The fraction of sp³-hybridized carbons (Fsp3) is 0.733. The monoisotopic (exact) mass is 334 g/mol. The summed E-state index contributed by atoms with van der Waals surface area (Å²) in [5.41, 5.74) is 0.855. The van der Waals surface area contributed by atoms with Crippen molar-refractivity contribution in [2.45, 2.75) is 31.8 Å². The van der Waals surface area contributed by atoms with Gasteiger partial charge in [0.05, 0.1) is 25.9 Å². The molecular formula is C15H22N6O3. The van der Waals surface area contributed by atoms with E-state index in [2.05, 4.69) is 30.5 Å². The summed E-state index contributed by atoms with van der Waals surface area (Å²) in [6.45, 7) is 4.45. The number of nitrogens with zero attached hydrogens (tertiary/aromatic N) is 5. The molecule has 9 nitrogen and oxygen atoms in total. The van der Waals surface area contributed by atoms with E-state index in [0.717, 1.165) is 31.7 Å². The van der Waals surface area contributed by atoms with Crippen LogP contribution in [0.15, 0.2) is 4.63 Å². The molecule has 24 heavy (non-hydrogen) atoms. The maximum absolute atomic E-state index is 5.68. The lowest BCUT2D eigenvalue weighted by Crippen LogP contribution is -2.35. The minimum absolute atomic E-state index is 0.0173. The van der Waals surface area contributed by atoms with Crippen LogP contribution in [-0.2, 0) is 9.47 Å². The van der Waals surface area contributed by atoms with Crippen LogP contribution in [0.25, 0.3) is 11.3 Å². The predicted molar refractivity (Wildman–Crippen MR) is 87.1 cm³/mol. The first-order valence-electron chi connectivity index (χ1n) is 8.58.